The molecule has 5 rings (SSSR count). The summed E-state index contributed by atoms with van der Waals surface area (Å²) in [6, 6.07) is 17.9. The molecule has 0 radical (unpaired) electrons. The van der Waals surface area contributed by atoms with Gasteiger partial charge in [-0.3, -0.25) is 4.90 Å². The van der Waals surface area contributed by atoms with Gasteiger partial charge in [-0.15, -0.1) is 11.8 Å². The first-order valence-corrected chi connectivity index (χ1v) is 12.5. The number of benzene rings is 2. The summed E-state index contributed by atoms with van der Waals surface area (Å²) in [4.78, 5) is 16.5. The quantitative estimate of drug-likeness (QED) is 0.331. The molecule has 1 unspecified atom stereocenters. The first kappa shape index (κ1) is 19.7. The molecule has 0 spiro atoms. The second-order valence-corrected chi connectivity index (χ2v) is 9.19. The molecule has 6 heteroatoms. The van der Waals surface area contributed by atoms with E-state index in [2.05, 4.69) is 74.6 Å². The van der Waals surface area contributed by atoms with E-state index in [1.54, 1.807) is 23.5 Å². The predicted octanol–water partition coefficient (Wildman–Crippen LogP) is 5.55. The van der Waals surface area contributed by atoms with Gasteiger partial charge in [-0.05, 0) is 48.3 Å². The Labute approximate surface area is 185 Å². The van der Waals surface area contributed by atoms with Crippen LogP contribution >= 0.6 is 23.5 Å². The second kappa shape index (κ2) is 8.46. The molecule has 0 amide bonds. The highest BCUT2D eigenvalue weighted by atomic mass is 32.2. The normalized spacial score (nSPS) is 16.7. The number of para-hydroxylation sites is 1. The fraction of sp³-hybridized carbons (Fsp3) is 0.250. The lowest BCUT2D eigenvalue weighted by Crippen LogP contribution is -2.35. The van der Waals surface area contributed by atoms with Crippen LogP contribution in [-0.2, 0) is 13.0 Å². The number of fused-ring (bicyclic) bond motifs is 3. The van der Waals surface area contributed by atoms with E-state index in [0.29, 0.717) is 0 Å². The van der Waals surface area contributed by atoms with E-state index in [9.17, 15) is 0 Å². The third-order valence-corrected chi connectivity index (χ3v) is 7.14. The van der Waals surface area contributed by atoms with Crippen LogP contribution in [0.3, 0.4) is 0 Å². The molecule has 3 heterocycles. The third-order valence-electron chi connectivity index (χ3n) is 5.82. The molecule has 0 saturated heterocycles. The molecule has 1 aliphatic rings. The highest BCUT2D eigenvalue weighted by molar-refractivity contribution is 7.98. The second-order valence-electron chi connectivity index (χ2n) is 7.54. The lowest BCUT2D eigenvalue weighted by molar-refractivity contribution is 0.201. The van der Waals surface area contributed by atoms with Gasteiger partial charge in [-0.1, -0.05) is 42.1 Å². The van der Waals surface area contributed by atoms with Crippen molar-refractivity contribution in [2.75, 3.05) is 19.1 Å². The number of hydrogen-bond acceptors (Lipinski definition) is 5. The van der Waals surface area contributed by atoms with E-state index in [-0.39, 0.29) is 6.04 Å². The van der Waals surface area contributed by atoms with Crippen LogP contribution < -0.4 is 0 Å². The molecule has 1 atom stereocenters. The smallest absolute Gasteiger partial charge is 0.187 e. The largest absolute Gasteiger partial charge is 0.357 e. The molecule has 30 heavy (non-hydrogen) atoms. The zero-order valence-electron chi connectivity index (χ0n) is 17.1. The number of thioether (sulfide) groups is 2. The Hall–Kier alpha value is -2.28. The van der Waals surface area contributed by atoms with Crippen molar-refractivity contribution >= 4 is 34.4 Å². The van der Waals surface area contributed by atoms with E-state index >= 15 is 0 Å². The summed E-state index contributed by atoms with van der Waals surface area (Å²) in [5.41, 5.74) is 6.47. The van der Waals surface area contributed by atoms with Crippen molar-refractivity contribution in [1.29, 1.82) is 0 Å². The van der Waals surface area contributed by atoms with Gasteiger partial charge in [0, 0.05) is 52.5 Å². The van der Waals surface area contributed by atoms with Crippen LogP contribution in [0.15, 0.2) is 71.0 Å². The molecular formula is C24H24N4S2. The first-order chi connectivity index (χ1) is 14.8. The Kier molecular flexibility index (Phi) is 5.54. The SMILES string of the molecule is CSc1ccc(C2c3[nH]c4ccccc4c3CCN2Cc2cnc(SC)nc2)cc1. The maximum atomic E-state index is 4.48. The Bertz CT molecular complexity index is 1150. The molecule has 0 saturated carbocycles. The summed E-state index contributed by atoms with van der Waals surface area (Å²) in [6.07, 6.45) is 9.10. The number of H-pyrrole nitrogens is 1. The fourth-order valence-electron chi connectivity index (χ4n) is 4.39. The molecule has 0 aliphatic carbocycles. The topological polar surface area (TPSA) is 44.8 Å². The van der Waals surface area contributed by atoms with Gasteiger partial charge in [0.15, 0.2) is 5.16 Å². The van der Waals surface area contributed by atoms with Crippen LogP contribution in [0.5, 0.6) is 0 Å². The predicted molar refractivity (Wildman–Crippen MR) is 126 cm³/mol. The molecule has 4 aromatic rings. The van der Waals surface area contributed by atoms with Crippen molar-refractivity contribution < 1.29 is 0 Å². The van der Waals surface area contributed by atoms with Gasteiger partial charge in [-0.2, -0.15) is 0 Å². The monoisotopic (exact) mass is 432 g/mol. The van der Waals surface area contributed by atoms with Crippen LogP contribution in [0.4, 0.5) is 0 Å². The lowest BCUT2D eigenvalue weighted by atomic mass is 9.92. The summed E-state index contributed by atoms with van der Waals surface area (Å²) in [5.74, 6) is 0. The van der Waals surface area contributed by atoms with Crippen molar-refractivity contribution in [1.82, 2.24) is 19.9 Å². The zero-order chi connectivity index (χ0) is 20.5. The Morgan fingerprint density at radius 3 is 2.50 bits per heavy atom. The first-order valence-electron chi connectivity index (χ1n) is 10.1. The van der Waals surface area contributed by atoms with Crippen LogP contribution in [0, 0.1) is 0 Å². The number of nitrogens with zero attached hydrogens (tertiary/aromatic N) is 3. The van der Waals surface area contributed by atoms with E-state index in [4.69, 9.17) is 0 Å². The van der Waals surface area contributed by atoms with Gasteiger partial charge in [0.05, 0.1) is 6.04 Å². The van der Waals surface area contributed by atoms with Crippen molar-refractivity contribution in [3.05, 3.63) is 83.3 Å². The molecule has 4 nitrogen and oxygen atoms in total. The molecule has 1 aliphatic heterocycles. The highest BCUT2D eigenvalue weighted by Crippen LogP contribution is 2.39. The number of hydrogen-bond donors (Lipinski definition) is 1. The minimum atomic E-state index is 0.192. The molecule has 0 fully saturated rings. The lowest BCUT2D eigenvalue weighted by Gasteiger charge is -2.36. The van der Waals surface area contributed by atoms with Gasteiger partial charge < -0.3 is 4.98 Å². The average Bonchev–Trinajstić information content (AvgIpc) is 3.18. The van der Waals surface area contributed by atoms with E-state index in [0.717, 1.165) is 30.2 Å². The summed E-state index contributed by atoms with van der Waals surface area (Å²) in [5, 5.41) is 2.17. The van der Waals surface area contributed by atoms with Crippen LogP contribution in [0.2, 0.25) is 0 Å². The standard InChI is InChI=1S/C24H24N4S2/c1-29-18-9-7-17(8-10-18)23-22-20(19-5-3-4-6-21(19)27-22)11-12-28(23)15-16-13-25-24(30-2)26-14-16/h3-10,13-14,23,27H,11-12,15H2,1-2H3. The molecule has 152 valence electrons. The maximum absolute atomic E-state index is 4.48. The molecule has 1 N–H and O–H groups in total. The Morgan fingerprint density at radius 2 is 1.77 bits per heavy atom. The van der Waals surface area contributed by atoms with Gasteiger partial charge in [0.1, 0.15) is 0 Å². The van der Waals surface area contributed by atoms with Gasteiger partial charge >= 0.3 is 0 Å². The highest BCUT2D eigenvalue weighted by Gasteiger charge is 2.31. The third kappa shape index (κ3) is 3.64. The molecule has 2 aromatic carbocycles. The molecule has 2 aromatic heterocycles. The summed E-state index contributed by atoms with van der Waals surface area (Å²) in [7, 11) is 0. The van der Waals surface area contributed by atoms with E-state index < -0.39 is 0 Å². The van der Waals surface area contributed by atoms with Crippen molar-refractivity contribution in [2.24, 2.45) is 0 Å². The van der Waals surface area contributed by atoms with E-state index in [1.165, 1.54) is 32.6 Å². The Morgan fingerprint density at radius 1 is 1.00 bits per heavy atom. The van der Waals surface area contributed by atoms with Crippen LogP contribution in [0.25, 0.3) is 10.9 Å². The van der Waals surface area contributed by atoms with Gasteiger partial charge in [-0.25, -0.2) is 9.97 Å². The summed E-state index contributed by atoms with van der Waals surface area (Å²) >= 11 is 3.36. The minimum absolute atomic E-state index is 0.192. The van der Waals surface area contributed by atoms with Crippen LogP contribution in [-0.4, -0.2) is 38.9 Å². The van der Waals surface area contributed by atoms with Crippen molar-refractivity contribution in [2.45, 2.75) is 29.1 Å². The number of aromatic amines is 1. The summed E-state index contributed by atoms with van der Waals surface area (Å²) < 4.78 is 0. The van der Waals surface area contributed by atoms with Gasteiger partial charge in [0.2, 0.25) is 0 Å². The number of rotatable bonds is 5. The average molecular weight is 433 g/mol. The van der Waals surface area contributed by atoms with Crippen LogP contribution in [0.1, 0.15) is 28.4 Å². The summed E-state index contributed by atoms with van der Waals surface area (Å²) in [6.45, 7) is 1.84. The van der Waals surface area contributed by atoms with Crippen molar-refractivity contribution in [3.63, 3.8) is 0 Å². The zero-order valence-corrected chi connectivity index (χ0v) is 18.8. The number of aromatic nitrogens is 3. The molecular weight excluding hydrogens is 408 g/mol. The van der Waals surface area contributed by atoms with E-state index in [1.807, 2.05) is 18.6 Å². The van der Waals surface area contributed by atoms with Crippen molar-refractivity contribution in [3.8, 4) is 0 Å². The Balaban J connectivity index is 1.56. The minimum Gasteiger partial charge on any atom is -0.357 e. The maximum Gasteiger partial charge on any atom is 0.187 e. The molecule has 0 bridgehead atoms. The fourth-order valence-corrected chi connectivity index (χ4v) is 5.11. The van der Waals surface area contributed by atoms with Gasteiger partial charge in [0.25, 0.3) is 0 Å². The number of nitrogens with one attached hydrogen (secondary N) is 1.